The van der Waals surface area contributed by atoms with Gasteiger partial charge in [-0.25, -0.2) is 0 Å². The Hall–Kier alpha value is -2.16. The summed E-state index contributed by atoms with van der Waals surface area (Å²) in [6.07, 6.45) is 1.63. The van der Waals surface area contributed by atoms with E-state index in [4.69, 9.17) is 4.74 Å². The molecule has 0 bridgehead atoms. The highest BCUT2D eigenvalue weighted by Gasteiger charge is 2.12. The standard InChI is InChI=1S/C15H15NO2/c1-3-18-13-8-6-12(7-9-13)15(17)14-11(2)5-4-10-16-14/h4-10H,3H2,1-2H3. The number of ketones is 1. The van der Waals surface area contributed by atoms with E-state index in [1.165, 1.54) is 0 Å². The molecule has 18 heavy (non-hydrogen) atoms. The Morgan fingerprint density at radius 3 is 2.56 bits per heavy atom. The van der Waals surface area contributed by atoms with E-state index in [1.807, 2.05) is 26.0 Å². The molecular weight excluding hydrogens is 226 g/mol. The molecule has 1 heterocycles. The van der Waals surface area contributed by atoms with Gasteiger partial charge in [-0.1, -0.05) is 6.07 Å². The monoisotopic (exact) mass is 241 g/mol. The first-order valence-electron chi connectivity index (χ1n) is 5.91. The van der Waals surface area contributed by atoms with Gasteiger partial charge in [-0.05, 0) is 49.7 Å². The average molecular weight is 241 g/mol. The summed E-state index contributed by atoms with van der Waals surface area (Å²) in [6.45, 7) is 4.43. The van der Waals surface area contributed by atoms with Crippen LogP contribution in [0.1, 0.15) is 28.5 Å². The lowest BCUT2D eigenvalue weighted by Crippen LogP contribution is -2.06. The fourth-order valence-electron chi connectivity index (χ4n) is 1.73. The van der Waals surface area contributed by atoms with Crippen molar-refractivity contribution in [1.82, 2.24) is 4.98 Å². The fraction of sp³-hybridized carbons (Fsp3) is 0.200. The zero-order chi connectivity index (χ0) is 13.0. The molecule has 2 rings (SSSR count). The van der Waals surface area contributed by atoms with Gasteiger partial charge in [0.25, 0.3) is 0 Å². The third-order valence-electron chi connectivity index (χ3n) is 2.65. The Balaban J connectivity index is 2.27. The van der Waals surface area contributed by atoms with E-state index in [9.17, 15) is 4.79 Å². The Morgan fingerprint density at radius 1 is 1.22 bits per heavy atom. The predicted molar refractivity (Wildman–Crippen MR) is 70.0 cm³/mol. The van der Waals surface area contributed by atoms with E-state index in [0.29, 0.717) is 17.9 Å². The highest BCUT2D eigenvalue weighted by Crippen LogP contribution is 2.16. The van der Waals surface area contributed by atoms with Gasteiger partial charge in [-0.15, -0.1) is 0 Å². The summed E-state index contributed by atoms with van der Waals surface area (Å²) in [5.41, 5.74) is 2.01. The largest absolute Gasteiger partial charge is 0.494 e. The molecule has 0 N–H and O–H groups in total. The molecule has 0 spiro atoms. The maximum Gasteiger partial charge on any atom is 0.211 e. The predicted octanol–water partition coefficient (Wildman–Crippen LogP) is 3.02. The lowest BCUT2D eigenvalue weighted by atomic mass is 10.0. The van der Waals surface area contributed by atoms with E-state index >= 15 is 0 Å². The number of benzene rings is 1. The minimum atomic E-state index is -0.0591. The molecule has 1 aromatic heterocycles. The highest BCUT2D eigenvalue weighted by molar-refractivity contribution is 6.08. The third kappa shape index (κ3) is 2.56. The Labute approximate surface area is 106 Å². The van der Waals surface area contributed by atoms with Crippen molar-refractivity contribution < 1.29 is 9.53 Å². The van der Waals surface area contributed by atoms with Crippen molar-refractivity contribution in [2.24, 2.45) is 0 Å². The highest BCUT2D eigenvalue weighted by atomic mass is 16.5. The van der Waals surface area contributed by atoms with Crippen LogP contribution in [0.5, 0.6) is 5.75 Å². The molecule has 92 valence electrons. The Kier molecular flexibility index (Phi) is 3.72. The van der Waals surface area contributed by atoms with E-state index in [0.717, 1.165) is 11.3 Å². The second-order valence-electron chi connectivity index (χ2n) is 3.96. The molecule has 2 aromatic rings. The van der Waals surface area contributed by atoms with Gasteiger partial charge < -0.3 is 4.74 Å². The molecule has 0 unspecified atom stereocenters. The van der Waals surface area contributed by atoms with Crippen molar-refractivity contribution in [3.63, 3.8) is 0 Å². The third-order valence-corrected chi connectivity index (χ3v) is 2.65. The molecular formula is C15H15NO2. The van der Waals surface area contributed by atoms with Crippen LogP contribution in [0.15, 0.2) is 42.6 Å². The SMILES string of the molecule is CCOc1ccc(C(=O)c2ncccc2C)cc1. The van der Waals surface area contributed by atoms with Crippen molar-refractivity contribution in [3.05, 3.63) is 59.4 Å². The molecule has 0 amide bonds. The van der Waals surface area contributed by atoms with E-state index < -0.39 is 0 Å². The second-order valence-corrected chi connectivity index (χ2v) is 3.96. The van der Waals surface area contributed by atoms with Gasteiger partial charge in [-0.3, -0.25) is 9.78 Å². The molecule has 0 saturated carbocycles. The number of carbonyl (C=O) groups is 1. The van der Waals surface area contributed by atoms with E-state index in [-0.39, 0.29) is 5.78 Å². The second kappa shape index (κ2) is 5.45. The Morgan fingerprint density at radius 2 is 1.94 bits per heavy atom. The zero-order valence-corrected chi connectivity index (χ0v) is 10.5. The van der Waals surface area contributed by atoms with Crippen LogP contribution in [-0.2, 0) is 0 Å². The van der Waals surface area contributed by atoms with Crippen LogP contribution in [-0.4, -0.2) is 17.4 Å². The average Bonchev–Trinajstić information content (AvgIpc) is 2.40. The van der Waals surface area contributed by atoms with Gasteiger partial charge in [-0.2, -0.15) is 0 Å². The molecule has 3 heteroatoms. The van der Waals surface area contributed by atoms with Gasteiger partial charge >= 0.3 is 0 Å². The minimum Gasteiger partial charge on any atom is -0.494 e. The summed E-state index contributed by atoms with van der Waals surface area (Å²) in [4.78, 5) is 16.4. The molecule has 0 aliphatic heterocycles. The van der Waals surface area contributed by atoms with Crippen LogP contribution in [0.2, 0.25) is 0 Å². The number of hydrogen-bond acceptors (Lipinski definition) is 3. The van der Waals surface area contributed by atoms with Crippen molar-refractivity contribution in [3.8, 4) is 5.75 Å². The van der Waals surface area contributed by atoms with Gasteiger partial charge in [0.2, 0.25) is 5.78 Å². The van der Waals surface area contributed by atoms with E-state index in [2.05, 4.69) is 4.98 Å². The quantitative estimate of drug-likeness (QED) is 0.772. The lowest BCUT2D eigenvalue weighted by Gasteiger charge is -2.05. The van der Waals surface area contributed by atoms with Crippen LogP contribution in [0.3, 0.4) is 0 Å². The number of hydrogen-bond donors (Lipinski definition) is 0. The van der Waals surface area contributed by atoms with Gasteiger partial charge in [0.15, 0.2) is 0 Å². The van der Waals surface area contributed by atoms with Gasteiger partial charge in [0.05, 0.1) is 6.61 Å². The molecule has 0 saturated heterocycles. The molecule has 0 atom stereocenters. The maximum absolute atomic E-state index is 12.2. The molecule has 0 fully saturated rings. The van der Waals surface area contributed by atoms with Crippen LogP contribution in [0.25, 0.3) is 0 Å². The zero-order valence-electron chi connectivity index (χ0n) is 10.5. The molecule has 1 aromatic carbocycles. The first-order valence-corrected chi connectivity index (χ1v) is 5.91. The topological polar surface area (TPSA) is 39.2 Å². The van der Waals surface area contributed by atoms with Crippen molar-refractivity contribution in [2.45, 2.75) is 13.8 Å². The van der Waals surface area contributed by atoms with Crippen LogP contribution in [0, 0.1) is 6.92 Å². The van der Waals surface area contributed by atoms with Crippen molar-refractivity contribution in [1.29, 1.82) is 0 Å². The van der Waals surface area contributed by atoms with Crippen molar-refractivity contribution >= 4 is 5.78 Å². The Bertz CT molecular complexity index is 547. The summed E-state index contributed by atoms with van der Waals surface area (Å²) < 4.78 is 5.34. The number of rotatable bonds is 4. The number of ether oxygens (including phenoxy) is 1. The summed E-state index contributed by atoms with van der Waals surface area (Å²) >= 11 is 0. The minimum absolute atomic E-state index is 0.0591. The van der Waals surface area contributed by atoms with Crippen LogP contribution in [0.4, 0.5) is 0 Å². The van der Waals surface area contributed by atoms with Crippen LogP contribution < -0.4 is 4.74 Å². The molecule has 0 aliphatic carbocycles. The normalized spacial score (nSPS) is 10.1. The number of carbonyl (C=O) groups excluding carboxylic acids is 1. The molecule has 0 radical (unpaired) electrons. The number of pyridine rings is 1. The van der Waals surface area contributed by atoms with Gasteiger partial charge in [0, 0.05) is 11.8 Å². The number of nitrogens with zero attached hydrogens (tertiary/aromatic N) is 1. The van der Waals surface area contributed by atoms with Gasteiger partial charge in [0.1, 0.15) is 11.4 Å². The first-order chi connectivity index (χ1) is 8.72. The van der Waals surface area contributed by atoms with Crippen LogP contribution >= 0.6 is 0 Å². The number of aromatic nitrogens is 1. The summed E-state index contributed by atoms with van der Waals surface area (Å²) in [6, 6.07) is 10.8. The summed E-state index contributed by atoms with van der Waals surface area (Å²) in [7, 11) is 0. The summed E-state index contributed by atoms with van der Waals surface area (Å²) in [5, 5.41) is 0. The van der Waals surface area contributed by atoms with E-state index in [1.54, 1.807) is 30.5 Å². The van der Waals surface area contributed by atoms with Crippen molar-refractivity contribution in [2.75, 3.05) is 6.61 Å². The smallest absolute Gasteiger partial charge is 0.211 e. The first kappa shape index (κ1) is 12.3. The molecule has 3 nitrogen and oxygen atoms in total. The fourth-order valence-corrected chi connectivity index (χ4v) is 1.73. The summed E-state index contributed by atoms with van der Waals surface area (Å²) in [5.74, 6) is 0.711. The number of aryl methyl sites for hydroxylation is 1. The molecule has 0 aliphatic rings. The maximum atomic E-state index is 12.2. The lowest BCUT2D eigenvalue weighted by molar-refractivity contribution is 0.103.